The zero-order chi connectivity index (χ0) is 24.4. The van der Waals surface area contributed by atoms with Gasteiger partial charge in [-0.3, -0.25) is 4.90 Å². The van der Waals surface area contributed by atoms with Gasteiger partial charge in [-0.05, 0) is 37.1 Å². The van der Waals surface area contributed by atoms with E-state index in [1.165, 1.54) is 0 Å². The Kier molecular flexibility index (Phi) is 6.06. The van der Waals surface area contributed by atoms with E-state index in [1.807, 2.05) is 92.7 Å². The normalized spacial score (nSPS) is 15.8. The van der Waals surface area contributed by atoms with Gasteiger partial charge in [0.2, 0.25) is 5.82 Å². The van der Waals surface area contributed by atoms with Crippen molar-refractivity contribution in [3.8, 4) is 17.1 Å². The summed E-state index contributed by atoms with van der Waals surface area (Å²) in [5.41, 5.74) is 5.43. The molecular weight excluding hydrogens is 440 g/mol. The summed E-state index contributed by atoms with van der Waals surface area (Å²) in [6.45, 7) is 4.32. The highest BCUT2D eigenvalue weighted by Crippen LogP contribution is 2.38. The lowest BCUT2D eigenvalue weighted by atomic mass is 9.94. The molecular formula is C28H26N4O3. The molecule has 7 nitrogen and oxygen atoms in total. The van der Waals surface area contributed by atoms with Crippen molar-refractivity contribution in [2.24, 2.45) is 0 Å². The molecule has 2 heterocycles. The minimum Gasteiger partial charge on any atom is -0.497 e. The van der Waals surface area contributed by atoms with Crippen LogP contribution in [-0.4, -0.2) is 28.2 Å². The van der Waals surface area contributed by atoms with Crippen LogP contribution in [0.25, 0.3) is 17.0 Å². The van der Waals surface area contributed by atoms with Crippen LogP contribution in [0.3, 0.4) is 0 Å². The highest BCUT2D eigenvalue weighted by atomic mass is 16.5. The van der Waals surface area contributed by atoms with Gasteiger partial charge in [0, 0.05) is 11.3 Å². The number of urea groups is 1. The van der Waals surface area contributed by atoms with Crippen LogP contribution in [0.4, 0.5) is 4.79 Å². The van der Waals surface area contributed by atoms with Gasteiger partial charge in [0.15, 0.2) is 0 Å². The van der Waals surface area contributed by atoms with Gasteiger partial charge in [0.1, 0.15) is 5.75 Å². The summed E-state index contributed by atoms with van der Waals surface area (Å²) < 4.78 is 11.1. The number of benzene rings is 3. The molecule has 0 saturated carbocycles. The van der Waals surface area contributed by atoms with E-state index in [0.717, 1.165) is 39.3 Å². The minimum atomic E-state index is -0.420. The highest BCUT2D eigenvalue weighted by Gasteiger charge is 2.35. The summed E-state index contributed by atoms with van der Waals surface area (Å²) in [6.07, 6.45) is 0. The van der Waals surface area contributed by atoms with Crippen LogP contribution in [0, 0.1) is 6.92 Å². The van der Waals surface area contributed by atoms with E-state index in [2.05, 4.69) is 10.5 Å². The quantitative estimate of drug-likeness (QED) is 0.391. The summed E-state index contributed by atoms with van der Waals surface area (Å²) in [6, 6.07) is 24.8. The lowest BCUT2D eigenvalue weighted by molar-refractivity contribution is 0.203. The molecule has 2 amide bonds. The second-order valence-corrected chi connectivity index (χ2v) is 8.52. The van der Waals surface area contributed by atoms with Crippen molar-refractivity contribution < 1.29 is 14.1 Å². The lowest BCUT2D eigenvalue weighted by Crippen LogP contribution is -2.45. The first-order valence-corrected chi connectivity index (χ1v) is 11.4. The maximum atomic E-state index is 13.3. The molecule has 35 heavy (non-hydrogen) atoms. The molecule has 0 fully saturated rings. The third-order valence-electron chi connectivity index (χ3n) is 6.17. The van der Waals surface area contributed by atoms with E-state index in [-0.39, 0.29) is 6.03 Å². The summed E-state index contributed by atoms with van der Waals surface area (Å²) in [5.74, 6) is 1.62. The third kappa shape index (κ3) is 4.53. The average Bonchev–Trinajstić information content (AvgIpc) is 3.37. The van der Waals surface area contributed by atoms with Crippen molar-refractivity contribution in [1.82, 2.24) is 20.4 Å². The van der Waals surface area contributed by atoms with Gasteiger partial charge in [0.05, 0.1) is 25.3 Å². The van der Waals surface area contributed by atoms with Crippen LogP contribution in [-0.2, 0) is 6.54 Å². The van der Waals surface area contributed by atoms with Crippen LogP contribution in [0.1, 0.15) is 35.5 Å². The number of carbonyl (C=O) groups is 1. The molecule has 176 valence electrons. The molecule has 4 aromatic rings. The fourth-order valence-electron chi connectivity index (χ4n) is 4.25. The summed E-state index contributed by atoms with van der Waals surface area (Å²) in [7, 11) is 1.63. The molecule has 0 spiro atoms. The van der Waals surface area contributed by atoms with Gasteiger partial charge < -0.3 is 14.6 Å². The number of hydrogen-bond acceptors (Lipinski definition) is 5. The number of carbonyl (C=O) groups excluding carboxylic acids is 1. The first-order valence-electron chi connectivity index (χ1n) is 11.4. The van der Waals surface area contributed by atoms with Crippen molar-refractivity contribution in [2.75, 3.05) is 7.11 Å². The molecule has 1 aliphatic rings. The molecule has 7 heteroatoms. The molecule has 1 unspecified atom stereocenters. The van der Waals surface area contributed by atoms with E-state index < -0.39 is 6.04 Å². The van der Waals surface area contributed by atoms with Gasteiger partial charge in [-0.25, -0.2) is 4.79 Å². The number of nitrogens with one attached hydrogen (secondary N) is 1. The van der Waals surface area contributed by atoms with E-state index in [0.29, 0.717) is 18.3 Å². The Morgan fingerprint density at radius 2 is 1.77 bits per heavy atom. The highest BCUT2D eigenvalue weighted by molar-refractivity contribution is 5.86. The van der Waals surface area contributed by atoms with Crippen LogP contribution in [0.15, 0.2) is 89.1 Å². The monoisotopic (exact) mass is 466 g/mol. The number of hydrogen-bond donors (Lipinski definition) is 1. The number of amides is 2. The maximum Gasteiger partial charge on any atom is 0.322 e. The van der Waals surface area contributed by atoms with Crippen molar-refractivity contribution in [3.63, 3.8) is 0 Å². The number of allylic oxidation sites excluding steroid dienone is 1. The molecule has 5 rings (SSSR count). The van der Waals surface area contributed by atoms with E-state index in [9.17, 15) is 4.79 Å². The molecule has 1 atom stereocenters. The van der Waals surface area contributed by atoms with Crippen LogP contribution >= 0.6 is 0 Å². The average molecular weight is 467 g/mol. The Labute approximate surface area is 204 Å². The Hall–Kier alpha value is -4.39. The van der Waals surface area contributed by atoms with Crippen molar-refractivity contribution in [2.45, 2.75) is 26.4 Å². The standard InChI is InChI=1S/C28H26N4O3/c1-18-12-14-22(15-13-18)26-30-27(35-31-26)24-19(2)32(17-20-8-7-11-23(16-20)34-3)28(33)29-25(24)21-9-5-4-6-10-21/h4-16,25H,17H2,1-3H3,(H,29,33). The van der Waals surface area contributed by atoms with Gasteiger partial charge >= 0.3 is 6.03 Å². The van der Waals surface area contributed by atoms with Crippen LogP contribution < -0.4 is 10.1 Å². The Bertz CT molecular complexity index is 1380. The van der Waals surface area contributed by atoms with Gasteiger partial charge in [-0.2, -0.15) is 4.98 Å². The fourth-order valence-corrected chi connectivity index (χ4v) is 4.25. The van der Waals surface area contributed by atoms with Gasteiger partial charge in [-0.1, -0.05) is 77.5 Å². The topological polar surface area (TPSA) is 80.5 Å². The third-order valence-corrected chi connectivity index (χ3v) is 6.17. The van der Waals surface area contributed by atoms with Gasteiger partial charge in [-0.15, -0.1) is 0 Å². The number of ether oxygens (including phenoxy) is 1. The van der Waals surface area contributed by atoms with Crippen LogP contribution in [0.5, 0.6) is 5.75 Å². The number of rotatable bonds is 6. The van der Waals surface area contributed by atoms with Crippen molar-refractivity contribution >= 4 is 11.6 Å². The first kappa shape index (κ1) is 22.4. The van der Waals surface area contributed by atoms with E-state index in [4.69, 9.17) is 14.2 Å². The molecule has 1 aromatic heterocycles. The number of methoxy groups -OCH3 is 1. The largest absolute Gasteiger partial charge is 0.497 e. The first-order chi connectivity index (χ1) is 17.0. The second-order valence-electron chi connectivity index (χ2n) is 8.52. The van der Waals surface area contributed by atoms with Crippen LogP contribution in [0.2, 0.25) is 0 Å². The predicted octanol–water partition coefficient (Wildman–Crippen LogP) is 5.75. The molecule has 0 saturated heterocycles. The van der Waals surface area contributed by atoms with Crippen molar-refractivity contribution in [3.05, 3.63) is 107 Å². The fraction of sp³-hybridized carbons (Fsp3) is 0.179. The SMILES string of the molecule is COc1cccc(CN2C(=O)NC(c3ccccc3)C(c3nc(-c4ccc(C)cc4)no3)=C2C)c1. The van der Waals surface area contributed by atoms with E-state index in [1.54, 1.807) is 12.0 Å². The number of nitrogens with zero attached hydrogens (tertiary/aromatic N) is 3. The molecule has 3 aromatic carbocycles. The second kappa shape index (κ2) is 9.46. The molecule has 1 N–H and O–H groups in total. The van der Waals surface area contributed by atoms with Gasteiger partial charge in [0.25, 0.3) is 5.89 Å². The Morgan fingerprint density at radius 1 is 1.00 bits per heavy atom. The molecule has 0 aliphatic carbocycles. The Balaban J connectivity index is 1.58. The summed E-state index contributed by atoms with van der Waals surface area (Å²) in [4.78, 5) is 19.7. The smallest absolute Gasteiger partial charge is 0.322 e. The summed E-state index contributed by atoms with van der Waals surface area (Å²) in [5, 5.41) is 7.37. The van der Waals surface area contributed by atoms with Crippen molar-refractivity contribution in [1.29, 1.82) is 0 Å². The zero-order valence-electron chi connectivity index (χ0n) is 19.9. The zero-order valence-corrected chi connectivity index (χ0v) is 19.9. The molecule has 0 radical (unpaired) electrons. The predicted molar refractivity (Wildman–Crippen MR) is 133 cm³/mol. The number of aromatic nitrogens is 2. The molecule has 0 bridgehead atoms. The minimum absolute atomic E-state index is 0.193. The summed E-state index contributed by atoms with van der Waals surface area (Å²) >= 11 is 0. The Morgan fingerprint density at radius 3 is 2.51 bits per heavy atom. The number of aryl methyl sites for hydroxylation is 1. The maximum absolute atomic E-state index is 13.3. The lowest BCUT2D eigenvalue weighted by Gasteiger charge is -2.35. The molecule has 1 aliphatic heterocycles. The van der Waals surface area contributed by atoms with E-state index >= 15 is 0 Å².